The number of hydrogen-bond donors (Lipinski definition) is 4. The Hall–Kier alpha value is -0.118. The third-order valence-corrected chi connectivity index (χ3v) is 0. The van der Waals surface area contributed by atoms with Gasteiger partial charge >= 0.3 is 15.0 Å². The fraction of sp³-hybridized carbons (Fsp3) is 0.500. The van der Waals surface area contributed by atoms with E-state index in [1.165, 1.54) is 0 Å². The van der Waals surface area contributed by atoms with Gasteiger partial charge in [-0.25, -0.2) is 0 Å². The maximum absolute atomic E-state index is 9.00. The SMILES string of the molecule is CC(=O)O.[NH2][Al]([OH])[OH]. The number of rotatable bonds is 0. The Balaban J connectivity index is 0. The van der Waals surface area contributed by atoms with Crippen LogP contribution in [0.2, 0.25) is 0 Å². The first-order valence-corrected chi connectivity index (χ1v) is 3.48. The molecule has 0 bridgehead atoms. The summed E-state index contributed by atoms with van der Waals surface area (Å²) >= 11 is -2.64. The molecule has 0 atom stereocenters. The molecule has 5 N–H and O–H groups in total. The lowest BCUT2D eigenvalue weighted by molar-refractivity contribution is -0.134. The Kier molecular flexibility index (Phi) is 9.28. The van der Waals surface area contributed by atoms with Crippen molar-refractivity contribution in [3.05, 3.63) is 0 Å². The molecule has 0 spiro atoms. The van der Waals surface area contributed by atoms with Crippen LogP contribution in [0.3, 0.4) is 0 Å². The largest absolute Gasteiger partial charge is 0.792 e. The predicted octanol–water partition coefficient (Wildman–Crippen LogP) is -1.99. The van der Waals surface area contributed by atoms with Gasteiger partial charge in [0.15, 0.2) is 0 Å². The van der Waals surface area contributed by atoms with Gasteiger partial charge in [0, 0.05) is 6.92 Å². The standard InChI is InChI=1S/C2H4O2.Al.H2N.2H2O/c1-2(3)4;;;;/h1H3,(H,3,4);;3*1H2/q;+3;-1;;/p-2. The summed E-state index contributed by atoms with van der Waals surface area (Å²) < 4.78 is 19.4. The summed E-state index contributed by atoms with van der Waals surface area (Å²) in [5.74, 6) is -0.833. The molecule has 5 nitrogen and oxygen atoms in total. The molecule has 6 heteroatoms. The van der Waals surface area contributed by atoms with Crippen LogP contribution in [0.5, 0.6) is 0 Å². The van der Waals surface area contributed by atoms with Crippen molar-refractivity contribution in [2.75, 3.05) is 0 Å². The number of aliphatic carboxylic acids is 1. The zero-order valence-electron chi connectivity index (χ0n) is 4.40. The average Bonchev–Trinajstić information content (AvgIpc) is 1.25. The van der Waals surface area contributed by atoms with Crippen LogP contribution >= 0.6 is 0 Å². The molecule has 0 fully saturated rings. The quantitative estimate of drug-likeness (QED) is 0.289. The molecular formula is C2H8AlNO4. The maximum Gasteiger partial charge on any atom is 0.792 e. The summed E-state index contributed by atoms with van der Waals surface area (Å²) in [6.45, 7) is 1.08. The molecule has 0 aromatic heterocycles. The van der Waals surface area contributed by atoms with E-state index in [-0.39, 0.29) is 0 Å². The van der Waals surface area contributed by atoms with E-state index in [2.05, 4.69) is 4.72 Å². The number of hydrogen-bond acceptors (Lipinski definition) is 4. The third-order valence-electron chi connectivity index (χ3n) is 0. The van der Waals surface area contributed by atoms with Crippen molar-refractivity contribution in [2.24, 2.45) is 4.72 Å². The van der Waals surface area contributed by atoms with Gasteiger partial charge in [0.05, 0.1) is 0 Å². The third kappa shape index (κ3) is 10200. The highest BCUT2D eigenvalue weighted by molar-refractivity contribution is 6.36. The minimum Gasteiger partial charge on any atom is -0.481 e. The van der Waals surface area contributed by atoms with E-state index >= 15 is 0 Å². The molecule has 0 aromatic carbocycles. The fourth-order valence-electron chi connectivity index (χ4n) is 0. The minimum atomic E-state index is -2.64. The average molecular weight is 137 g/mol. The highest BCUT2D eigenvalue weighted by Gasteiger charge is 2.02. The van der Waals surface area contributed by atoms with Crippen LogP contribution < -0.4 is 4.72 Å². The number of nitrogens with two attached hydrogens (primary N) is 1. The summed E-state index contributed by atoms with van der Waals surface area (Å²) in [6.07, 6.45) is 0. The molecule has 0 rings (SSSR count). The lowest BCUT2D eigenvalue weighted by Gasteiger charge is -1.66. The highest BCUT2D eigenvalue weighted by Crippen LogP contribution is 1.42. The Bertz CT molecular complexity index is 58.3. The van der Waals surface area contributed by atoms with E-state index in [0.29, 0.717) is 0 Å². The van der Waals surface area contributed by atoms with Gasteiger partial charge in [-0.3, -0.25) is 4.79 Å². The molecule has 0 saturated carbocycles. The molecule has 0 radical (unpaired) electrons. The normalized spacial score (nSPS) is 6.50. The second-order valence-corrected chi connectivity index (χ2v) is 1.76. The molecule has 48 valence electrons. The highest BCUT2D eigenvalue weighted by atomic mass is 27.2. The van der Waals surface area contributed by atoms with Crippen molar-refractivity contribution in [1.29, 1.82) is 0 Å². The first-order valence-electron chi connectivity index (χ1n) is 1.78. The number of carboxylic acids is 1. The van der Waals surface area contributed by atoms with Crippen LogP contribution in [0.1, 0.15) is 6.92 Å². The molecule has 0 aliphatic rings. The zero-order valence-corrected chi connectivity index (χ0v) is 5.56. The van der Waals surface area contributed by atoms with Crippen LogP contribution in [-0.2, 0) is 4.79 Å². The van der Waals surface area contributed by atoms with E-state index < -0.39 is 21.0 Å². The van der Waals surface area contributed by atoms with Gasteiger partial charge in [-0.05, 0) is 0 Å². The topological polar surface area (TPSA) is 104 Å². The predicted molar refractivity (Wildman–Crippen MR) is 27.7 cm³/mol. The minimum absolute atomic E-state index is 0.833. The molecule has 0 unspecified atom stereocenters. The van der Waals surface area contributed by atoms with Crippen LogP contribution in [0.15, 0.2) is 0 Å². The summed E-state index contributed by atoms with van der Waals surface area (Å²) in [5, 5.41) is 7.42. The van der Waals surface area contributed by atoms with Crippen molar-refractivity contribution in [3.8, 4) is 0 Å². The van der Waals surface area contributed by atoms with Gasteiger partial charge in [-0.1, -0.05) is 0 Å². The smallest absolute Gasteiger partial charge is 0.481 e. The molecular weight excluding hydrogens is 129 g/mol. The second-order valence-electron chi connectivity index (χ2n) is 0.933. The first-order chi connectivity index (χ1) is 3.46. The molecule has 0 saturated heterocycles. The van der Waals surface area contributed by atoms with Gasteiger partial charge in [0.1, 0.15) is 0 Å². The van der Waals surface area contributed by atoms with Crippen molar-refractivity contribution >= 4 is 21.0 Å². The van der Waals surface area contributed by atoms with Crippen LogP contribution in [0.4, 0.5) is 0 Å². The molecule has 0 aliphatic heterocycles. The zero-order chi connectivity index (χ0) is 7.15. The Morgan fingerprint density at radius 3 is 1.62 bits per heavy atom. The lowest BCUT2D eigenvalue weighted by Crippen LogP contribution is -2.23. The molecule has 0 heterocycles. The summed E-state index contributed by atoms with van der Waals surface area (Å²) in [4.78, 5) is 9.00. The monoisotopic (exact) mass is 137 g/mol. The van der Waals surface area contributed by atoms with Gasteiger partial charge in [-0.15, -0.1) is 0 Å². The van der Waals surface area contributed by atoms with Crippen molar-refractivity contribution < 1.29 is 18.2 Å². The molecule has 0 aliphatic carbocycles. The Labute approximate surface area is 51.6 Å². The Morgan fingerprint density at radius 1 is 1.62 bits per heavy atom. The van der Waals surface area contributed by atoms with Gasteiger partial charge in [-0.2, -0.15) is 0 Å². The van der Waals surface area contributed by atoms with E-state index in [0.717, 1.165) is 6.92 Å². The van der Waals surface area contributed by atoms with Crippen LogP contribution in [0, 0.1) is 0 Å². The van der Waals surface area contributed by atoms with Crippen molar-refractivity contribution in [1.82, 2.24) is 0 Å². The van der Waals surface area contributed by atoms with E-state index in [1.807, 2.05) is 0 Å². The van der Waals surface area contributed by atoms with Crippen LogP contribution in [-0.4, -0.2) is 34.4 Å². The van der Waals surface area contributed by atoms with Gasteiger partial charge in [0.2, 0.25) is 0 Å². The lowest BCUT2D eigenvalue weighted by atomic mass is 10.9. The van der Waals surface area contributed by atoms with Gasteiger partial charge in [0.25, 0.3) is 5.97 Å². The number of carbonyl (C=O) groups is 1. The summed E-state index contributed by atoms with van der Waals surface area (Å²) in [6, 6.07) is 0. The van der Waals surface area contributed by atoms with E-state index in [9.17, 15) is 0 Å². The summed E-state index contributed by atoms with van der Waals surface area (Å²) in [7, 11) is 0. The molecule has 8 heavy (non-hydrogen) atoms. The van der Waals surface area contributed by atoms with E-state index in [1.54, 1.807) is 0 Å². The van der Waals surface area contributed by atoms with Crippen LogP contribution in [0.25, 0.3) is 0 Å². The number of carboxylic acid groups (broad SMARTS) is 1. The second kappa shape index (κ2) is 6.88. The van der Waals surface area contributed by atoms with Crippen molar-refractivity contribution in [2.45, 2.75) is 6.92 Å². The summed E-state index contributed by atoms with van der Waals surface area (Å²) in [5.41, 5.74) is 0. The van der Waals surface area contributed by atoms with Gasteiger partial charge < -0.3 is 18.1 Å². The fourth-order valence-corrected chi connectivity index (χ4v) is 0. The first kappa shape index (κ1) is 10.8. The Morgan fingerprint density at radius 2 is 1.62 bits per heavy atom. The molecule has 0 amide bonds. The van der Waals surface area contributed by atoms with E-state index in [4.69, 9.17) is 18.2 Å². The van der Waals surface area contributed by atoms with Crippen molar-refractivity contribution in [3.63, 3.8) is 0 Å². The molecule has 0 aromatic rings. The maximum atomic E-state index is 9.00.